The Labute approximate surface area is 128 Å². The number of carboxylic acids is 1. The van der Waals surface area contributed by atoms with Crippen LogP contribution < -0.4 is 0 Å². The van der Waals surface area contributed by atoms with E-state index in [1.807, 2.05) is 12.1 Å². The van der Waals surface area contributed by atoms with Crippen molar-refractivity contribution < 1.29 is 23.1 Å². The van der Waals surface area contributed by atoms with Gasteiger partial charge in [0.1, 0.15) is 0 Å². The summed E-state index contributed by atoms with van der Waals surface area (Å²) in [7, 11) is -3.17. The van der Waals surface area contributed by atoms with Crippen molar-refractivity contribution >= 4 is 21.7 Å². The Morgan fingerprint density at radius 2 is 1.95 bits per heavy atom. The summed E-state index contributed by atoms with van der Waals surface area (Å²) in [6, 6.07) is 6.16. The van der Waals surface area contributed by atoms with Gasteiger partial charge in [-0.3, -0.25) is 4.79 Å². The van der Waals surface area contributed by atoms with E-state index >= 15 is 0 Å². The lowest BCUT2D eigenvalue weighted by Gasteiger charge is -2.36. The van der Waals surface area contributed by atoms with Crippen molar-refractivity contribution in [2.24, 2.45) is 5.92 Å². The van der Waals surface area contributed by atoms with Crippen LogP contribution in [-0.2, 0) is 25.8 Å². The van der Waals surface area contributed by atoms with Gasteiger partial charge in [-0.05, 0) is 24.0 Å². The van der Waals surface area contributed by atoms with Crippen molar-refractivity contribution in [3.63, 3.8) is 0 Å². The highest BCUT2D eigenvalue weighted by molar-refractivity contribution is 7.91. The van der Waals surface area contributed by atoms with Gasteiger partial charge in [-0.15, -0.1) is 0 Å². The molecule has 1 fully saturated rings. The number of hydrogen-bond acceptors (Lipinski definition) is 4. The number of carboxylic acid groups (broad SMARTS) is 1. The molecular weight excluding hydrogens is 306 g/mol. The Morgan fingerprint density at radius 1 is 1.23 bits per heavy atom. The molecule has 2 heterocycles. The third-order valence-corrected chi connectivity index (χ3v) is 6.15. The normalized spacial score (nSPS) is 26.5. The van der Waals surface area contributed by atoms with Gasteiger partial charge >= 0.3 is 5.97 Å². The lowest BCUT2D eigenvalue weighted by molar-refractivity contribution is -0.152. The third kappa shape index (κ3) is 2.61. The summed E-state index contributed by atoms with van der Waals surface area (Å²) in [4.78, 5) is 25.6. The quantitative estimate of drug-likeness (QED) is 0.862. The summed E-state index contributed by atoms with van der Waals surface area (Å²) in [5.41, 5.74) is 1.55. The molecule has 1 aromatic carbocycles. The monoisotopic (exact) mass is 323 g/mol. The smallest absolute Gasteiger partial charge is 0.331 e. The number of sulfone groups is 1. The van der Waals surface area contributed by atoms with Gasteiger partial charge in [-0.2, -0.15) is 0 Å². The van der Waals surface area contributed by atoms with Gasteiger partial charge < -0.3 is 10.0 Å². The van der Waals surface area contributed by atoms with E-state index in [2.05, 4.69) is 0 Å². The zero-order valence-electron chi connectivity index (χ0n) is 11.9. The van der Waals surface area contributed by atoms with Gasteiger partial charge in [0.05, 0.1) is 17.4 Å². The molecule has 0 aromatic heterocycles. The molecule has 0 spiro atoms. The first-order valence-electron chi connectivity index (χ1n) is 7.20. The molecule has 22 heavy (non-hydrogen) atoms. The van der Waals surface area contributed by atoms with Crippen molar-refractivity contribution in [3.05, 3.63) is 35.4 Å². The average molecular weight is 323 g/mol. The minimum absolute atomic E-state index is 0.00553. The first-order valence-corrected chi connectivity index (χ1v) is 9.03. The Kier molecular flexibility index (Phi) is 3.68. The van der Waals surface area contributed by atoms with Gasteiger partial charge in [-0.1, -0.05) is 24.3 Å². The number of carbonyl (C=O) groups excluding carboxylic acids is 1. The summed E-state index contributed by atoms with van der Waals surface area (Å²) < 4.78 is 23.1. The molecule has 7 heteroatoms. The molecule has 0 aliphatic carbocycles. The van der Waals surface area contributed by atoms with Crippen molar-refractivity contribution in [1.29, 1.82) is 0 Å². The summed E-state index contributed by atoms with van der Waals surface area (Å²) in [6.07, 6.45) is 0.872. The van der Waals surface area contributed by atoms with E-state index < -0.39 is 27.8 Å². The lowest BCUT2D eigenvalue weighted by atomic mass is 9.91. The predicted molar refractivity (Wildman–Crippen MR) is 79.0 cm³/mol. The van der Waals surface area contributed by atoms with Gasteiger partial charge in [-0.25, -0.2) is 13.2 Å². The van der Waals surface area contributed by atoms with E-state index in [0.29, 0.717) is 18.5 Å². The average Bonchev–Trinajstić information content (AvgIpc) is 2.85. The Balaban J connectivity index is 1.91. The molecule has 2 aliphatic heterocycles. The number of nitrogens with zero attached hydrogens (tertiary/aromatic N) is 1. The minimum atomic E-state index is -3.17. The lowest BCUT2D eigenvalue weighted by Crippen LogP contribution is -2.46. The van der Waals surface area contributed by atoms with Crippen LogP contribution in [0.5, 0.6) is 0 Å². The fourth-order valence-corrected chi connectivity index (χ4v) is 5.03. The molecular formula is C15H17NO5S. The van der Waals surface area contributed by atoms with Crippen molar-refractivity contribution in [3.8, 4) is 0 Å². The second-order valence-electron chi connectivity index (χ2n) is 5.82. The third-order valence-electron chi connectivity index (χ3n) is 4.38. The molecule has 2 atom stereocenters. The Morgan fingerprint density at radius 3 is 2.59 bits per heavy atom. The highest BCUT2D eigenvalue weighted by Gasteiger charge is 2.41. The molecule has 0 radical (unpaired) electrons. The molecule has 1 saturated heterocycles. The molecule has 118 valence electrons. The van der Waals surface area contributed by atoms with Crippen molar-refractivity contribution in [2.75, 3.05) is 18.1 Å². The maximum absolute atomic E-state index is 12.6. The SMILES string of the molecule is O=C(O)C1c2ccccc2CCN1C(=O)C1CCS(=O)(=O)C1. The number of amides is 1. The maximum Gasteiger partial charge on any atom is 0.331 e. The predicted octanol–water partition coefficient (Wildman–Crippen LogP) is 0.632. The highest BCUT2D eigenvalue weighted by Crippen LogP contribution is 2.32. The standard InChI is InChI=1S/C15H17NO5S/c17-14(11-6-8-22(20,21)9-11)16-7-5-10-3-1-2-4-12(10)13(16)15(18)19/h1-4,11,13H,5-9H2,(H,18,19). The molecule has 2 aliphatic rings. The van der Waals surface area contributed by atoms with Crippen LogP contribution in [0.1, 0.15) is 23.6 Å². The van der Waals surface area contributed by atoms with Gasteiger partial charge in [0.15, 0.2) is 15.9 Å². The largest absolute Gasteiger partial charge is 0.479 e. The topological polar surface area (TPSA) is 91.8 Å². The number of rotatable bonds is 2. The molecule has 1 amide bonds. The van der Waals surface area contributed by atoms with Crippen LogP contribution in [0.3, 0.4) is 0 Å². The van der Waals surface area contributed by atoms with Crippen LogP contribution in [0.4, 0.5) is 0 Å². The zero-order valence-corrected chi connectivity index (χ0v) is 12.8. The molecule has 3 rings (SSSR count). The van der Waals surface area contributed by atoms with Crippen LogP contribution in [0.25, 0.3) is 0 Å². The summed E-state index contributed by atoms with van der Waals surface area (Å²) in [5.74, 6) is -2.22. The molecule has 1 aromatic rings. The highest BCUT2D eigenvalue weighted by atomic mass is 32.2. The maximum atomic E-state index is 12.6. The van der Waals surface area contributed by atoms with Crippen LogP contribution >= 0.6 is 0 Å². The molecule has 2 unspecified atom stereocenters. The van der Waals surface area contributed by atoms with Crippen LogP contribution in [0, 0.1) is 5.92 Å². The van der Waals surface area contributed by atoms with E-state index in [1.54, 1.807) is 12.1 Å². The summed E-state index contributed by atoms with van der Waals surface area (Å²) >= 11 is 0. The van der Waals surface area contributed by atoms with Crippen molar-refractivity contribution in [1.82, 2.24) is 4.90 Å². The second kappa shape index (κ2) is 5.39. The second-order valence-corrected chi connectivity index (χ2v) is 8.05. The van der Waals surface area contributed by atoms with Crippen LogP contribution in [0.2, 0.25) is 0 Å². The number of benzene rings is 1. The van der Waals surface area contributed by atoms with E-state index in [4.69, 9.17) is 0 Å². The van der Waals surface area contributed by atoms with Gasteiger partial charge in [0.25, 0.3) is 0 Å². The molecule has 1 N–H and O–H groups in total. The number of aliphatic carboxylic acids is 1. The minimum Gasteiger partial charge on any atom is -0.479 e. The van der Waals surface area contributed by atoms with E-state index in [1.165, 1.54) is 4.90 Å². The Hall–Kier alpha value is -1.89. The molecule has 0 bridgehead atoms. The fraction of sp³-hybridized carbons (Fsp3) is 0.467. The number of hydrogen-bond donors (Lipinski definition) is 1. The van der Waals surface area contributed by atoms with E-state index in [-0.39, 0.29) is 23.8 Å². The first kappa shape index (κ1) is 15.0. The van der Waals surface area contributed by atoms with Gasteiger partial charge in [0, 0.05) is 6.54 Å². The number of fused-ring (bicyclic) bond motifs is 1. The Bertz CT molecular complexity index is 727. The first-order chi connectivity index (χ1) is 10.4. The molecule has 6 nitrogen and oxygen atoms in total. The summed E-state index contributed by atoms with van der Waals surface area (Å²) in [6.45, 7) is 0.309. The van der Waals surface area contributed by atoms with Gasteiger partial charge in [0.2, 0.25) is 5.91 Å². The zero-order chi connectivity index (χ0) is 15.9. The van der Waals surface area contributed by atoms with Crippen molar-refractivity contribution in [2.45, 2.75) is 18.9 Å². The number of carbonyl (C=O) groups is 2. The summed E-state index contributed by atoms with van der Waals surface area (Å²) in [5, 5.41) is 9.54. The van der Waals surface area contributed by atoms with Crippen LogP contribution in [-0.4, -0.2) is 48.4 Å². The van der Waals surface area contributed by atoms with Crippen LogP contribution in [0.15, 0.2) is 24.3 Å². The van der Waals surface area contributed by atoms with E-state index in [0.717, 1.165) is 5.56 Å². The van der Waals surface area contributed by atoms with E-state index in [9.17, 15) is 23.1 Å². The molecule has 0 saturated carbocycles. The fourth-order valence-electron chi connectivity index (χ4n) is 3.29.